The van der Waals surface area contributed by atoms with Crippen LogP contribution in [-0.4, -0.2) is 11.2 Å². The Kier molecular flexibility index (Phi) is 3.32. The van der Waals surface area contributed by atoms with E-state index in [1.165, 1.54) is 18.2 Å². The van der Waals surface area contributed by atoms with Gasteiger partial charge < -0.3 is 0 Å². The molecule has 68 valence electrons. The van der Waals surface area contributed by atoms with Gasteiger partial charge in [-0.05, 0) is 6.07 Å². The molecule has 0 saturated heterocycles. The van der Waals surface area contributed by atoms with Gasteiger partial charge in [-0.1, -0.05) is 16.9 Å². The number of thiol groups is 1. The van der Waals surface area contributed by atoms with Crippen molar-refractivity contribution >= 4 is 34.4 Å². The van der Waals surface area contributed by atoms with Crippen LogP contribution in [-0.2, 0) is 0 Å². The van der Waals surface area contributed by atoms with Gasteiger partial charge >= 0.3 is 0 Å². The summed E-state index contributed by atoms with van der Waals surface area (Å²) in [5.41, 5.74) is 0.197. The van der Waals surface area contributed by atoms with E-state index in [1.807, 2.05) is 0 Å². The summed E-state index contributed by atoms with van der Waals surface area (Å²) in [7, 11) is 0.980. The van der Waals surface area contributed by atoms with E-state index in [1.54, 1.807) is 0 Å². The molecule has 0 unspecified atom stereocenters. The van der Waals surface area contributed by atoms with Crippen LogP contribution in [0.3, 0.4) is 0 Å². The predicted octanol–water partition coefficient (Wildman–Crippen LogP) is 2.34. The topological polar surface area (TPSA) is 60.2 Å². The first-order valence-corrected chi connectivity index (χ1v) is 5.11. The molecule has 1 aromatic carbocycles. The quantitative estimate of drug-likeness (QED) is 0.276. The molecule has 1 aromatic rings. The number of rotatable bonds is 3. The molecule has 0 radical (unpaired) electrons. The average Bonchev–Trinajstić information content (AvgIpc) is 2.16. The number of carbonyl (C=O) groups excluding carboxylic acids is 1. The van der Waals surface area contributed by atoms with Crippen LogP contribution in [0, 0.1) is 10.1 Å². The summed E-state index contributed by atoms with van der Waals surface area (Å²) in [6.45, 7) is 0. The van der Waals surface area contributed by atoms with Crippen LogP contribution in [0.5, 0.6) is 0 Å². The van der Waals surface area contributed by atoms with Crippen LogP contribution in [0.4, 0.5) is 5.69 Å². The first-order valence-electron chi connectivity index (χ1n) is 3.24. The van der Waals surface area contributed by atoms with Crippen LogP contribution in [0.2, 0.25) is 0 Å². The summed E-state index contributed by atoms with van der Waals surface area (Å²) in [6, 6.07) is 4.24. The molecule has 0 atom stereocenters. The summed E-state index contributed by atoms with van der Waals surface area (Å²) in [5.74, 6) is 0. The van der Waals surface area contributed by atoms with Gasteiger partial charge in [0, 0.05) is 11.6 Å². The van der Waals surface area contributed by atoms with E-state index < -0.39 is 4.92 Å². The lowest BCUT2D eigenvalue weighted by molar-refractivity contribution is -0.387. The zero-order chi connectivity index (χ0) is 9.84. The zero-order valence-electron chi connectivity index (χ0n) is 6.34. The van der Waals surface area contributed by atoms with E-state index in [9.17, 15) is 14.9 Å². The fraction of sp³-hybridized carbons (Fsp3) is 0. The number of nitro groups is 1. The predicted molar refractivity (Wildman–Crippen MR) is 53.3 cm³/mol. The maximum Gasteiger partial charge on any atom is 0.284 e. The molecule has 0 aliphatic rings. The Morgan fingerprint density at radius 2 is 2.23 bits per heavy atom. The van der Waals surface area contributed by atoms with Crippen molar-refractivity contribution in [1.82, 2.24) is 0 Å². The van der Waals surface area contributed by atoms with Gasteiger partial charge in [0.15, 0.2) is 0 Å². The molecule has 13 heavy (non-hydrogen) atoms. The normalized spacial score (nSPS) is 9.62. The standard InChI is InChI=1S/C7H5NO3S2/c9-4-5-1-2-7(13-12)6(3-5)8(10)11/h1-4,12H. The van der Waals surface area contributed by atoms with Gasteiger partial charge in [0.25, 0.3) is 5.69 Å². The third kappa shape index (κ3) is 2.22. The van der Waals surface area contributed by atoms with E-state index in [2.05, 4.69) is 11.7 Å². The van der Waals surface area contributed by atoms with Crippen molar-refractivity contribution in [2.24, 2.45) is 0 Å². The maximum atomic E-state index is 10.5. The minimum absolute atomic E-state index is 0.0930. The second-order valence-corrected chi connectivity index (χ2v) is 3.36. The zero-order valence-corrected chi connectivity index (χ0v) is 8.05. The molecule has 1 rings (SSSR count). The third-order valence-corrected chi connectivity index (χ3v) is 2.55. The summed E-state index contributed by atoms with van der Waals surface area (Å²) in [6.07, 6.45) is 0.569. The first-order chi connectivity index (χ1) is 6.19. The van der Waals surface area contributed by atoms with Gasteiger partial charge in [-0.25, -0.2) is 0 Å². The number of hydrogen-bond donors (Lipinski definition) is 1. The molecular formula is C7H5NO3S2. The lowest BCUT2D eigenvalue weighted by Gasteiger charge is -1.98. The fourth-order valence-electron chi connectivity index (χ4n) is 0.828. The highest BCUT2D eigenvalue weighted by molar-refractivity contribution is 8.68. The number of aldehydes is 1. The van der Waals surface area contributed by atoms with Gasteiger partial charge in [0.05, 0.1) is 9.82 Å². The van der Waals surface area contributed by atoms with E-state index in [0.29, 0.717) is 11.2 Å². The second kappa shape index (κ2) is 4.29. The molecule has 4 nitrogen and oxygen atoms in total. The summed E-state index contributed by atoms with van der Waals surface area (Å²) >= 11 is 3.86. The minimum atomic E-state index is -0.536. The first kappa shape index (κ1) is 10.1. The monoisotopic (exact) mass is 215 g/mol. The summed E-state index contributed by atoms with van der Waals surface area (Å²) in [4.78, 5) is 20.7. The van der Waals surface area contributed by atoms with Gasteiger partial charge in [0.1, 0.15) is 6.29 Å². The highest BCUT2D eigenvalue weighted by Crippen LogP contribution is 2.31. The summed E-state index contributed by atoms with van der Waals surface area (Å²) in [5, 5.41) is 10.5. The molecule has 0 amide bonds. The van der Waals surface area contributed by atoms with Crippen LogP contribution in [0.25, 0.3) is 0 Å². The molecule has 6 heteroatoms. The Morgan fingerprint density at radius 1 is 1.54 bits per heavy atom. The van der Waals surface area contributed by atoms with E-state index in [4.69, 9.17) is 0 Å². The highest BCUT2D eigenvalue weighted by Gasteiger charge is 2.13. The van der Waals surface area contributed by atoms with Crippen LogP contribution < -0.4 is 0 Å². The molecule has 0 saturated carbocycles. The number of nitrogens with zero attached hydrogens (tertiary/aromatic N) is 1. The second-order valence-electron chi connectivity index (χ2n) is 2.19. The van der Waals surface area contributed by atoms with Crippen LogP contribution >= 0.6 is 22.5 Å². The Bertz CT molecular complexity index is 354. The maximum absolute atomic E-state index is 10.5. The lowest BCUT2D eigenvalue weighted by atomic mass is 10.2. The lowest BCUT2D eigenvalue weighted by Crippen LogP contribution is -1.91. The average molecular weight is 215 g/mol. The molecule has 0 spiro atoms. The molecule has 0 bridgehead atoms. The minimum Gasteiger partial charge on any atom is -0.298 e. The van der Waals surface area contributed by atoms with Crippen LogP contribution in [0.1, 0.15) is 10.4 Å². The van der Waals surface area contributed by atoms with Crippen molar-refractivity contribution in [3.63, 3.8) is 0 Å². The van der Waals surface area contributed by atoms with Crippen molar-refractivity contribution in [2.45, 2.75) is 4.90 Å². The Morgan fingerprint density at radius 3 is 2.69 bits per heavy atom. The molecule has 0 aliphatic heterocycles. The number of benzene rings is 1. The van der Waals surface area contributed by atoms with E-state index in [-0.39, 0.29) is 11.3 Å². The number of nitro benzene ring substituents is 1. The number of hydrogen-bond acceptors (Lipinski definition) is 5. The van der Waals surface area contributed by atoms with Gasteiger partial charge in [-0.3, -0.25) is 14.9 Å². The molecular weight excluding hydrogens is 210 g/mol. The smallest absolute Gasteiger partial charge is 0.284 e. The molecule has 0 heterocycles. The molecule has 0 fully saturated rings. The molecule has 0 aromatic heterocycles. The van der Waals surface area contributed by atoms with Crippen molar-refractivity contribution < 1.29 is 9.72 Å². The van der Waals surface area contributed by atoms with Crippen LogP contribution in [0.15, 0.2) is 23.1 Å². The van der Waals surface area contributed by atoms with Crippen molar-refractivity contribution in [3.8, 4) is 0 Å². The Hall–Kier alpha value is -1.01. The Labute approximate surface area is 83.3 Å². The summed E-state index contributed by atoms with van der Waals surface area (Å²) < 4.78 is 0. The van der Waals surface area contributed by atoms with Crippen molar-refractivity contribution in [2.75, 3.05) is 0 Å². The Balaban J connectivity index is 3.25. The van der Waals surface area contributed by atoms with Gasteiger partial charge in [-0.2, -0.15) is 0 Å². The fourth-order valence-corrected chi connectivity index (χ4v) is 1.65. The SMILES string of the molecule is O=Cc1ccc(SS)c([N+](=O)[O-])c1. The molecule has 0 N–H and O–H groups in total. The largest absolute Gasteiger partial charge is 0.298 e. The number of carbonyl (C=O) groups is 1. The van der Waals surface area contributed by atoms with Crippen molar-refractivity contribution in [1.29, 1.82) is 0 Å². The van der Waals surface area contributed by atoms with Crippen molar-refractivity contribution in [3.05, 3.63) is 33.9 Å². The third-order valence-electron chi connectivity index (χ3n) is 1.41. The molecule has 0 aliphatic carbocycles. The highest BCUT2D eigenvalue weighted by atomic mass is 33.1. The van der Waals surface area contributed by atoms with Gasteiger partial charge in [-0.15, -0.1) is 11.7 Å². The van der Waals surface area contributed by atoms with E-state index in [0.717, 1.165) is 10.8 Å². The van der Waals surface area contributed by atoms with E-state index >= 15 is 0 Å². The van der Waals surface area contributed by atoms with Gasteiger partial charge in [0.2, 0.25) is 0 Å².